The maximum absolute atomic E-state index is 10.9. The molecular formula is C13H19NO. The van der Waals surface area contributed by atoms with Crippen LogP contribution < -0.4 is 5.32 Å². The molecule has 0 saturated carbocycles. The molecular weight excluding hydrogens is 186 g/mol. The predicted octanol–water partition coefficient (Wildman–Crippen LogP) is 2.25. The molecule has 0 aliphatic heterocycles. The van der Waals surface area contributed by atoms with Crippen molar-refractivity contribution in [3.63, 3.8) is 0 Å². The van der Waals surface area contributed by atoms with Crippen molar-refractivity contribution in [2.24, 2.45) is 0 Å². The number of terminal acetylenes is 1. The molecule has 2 heteroatoms. The van der Waals surface area contributed by atoms with Gasteiger partial charge in [0.25, 0.3) is 0 Å². The van der Waals surface area contributed by atoms with Gasteiger partial charge >= 0.3 is 0 Å². The van der Waals surface area contributed by atoms with Crippen LogP contribution in [-0.2, 0) is 11.2 Å². The maximum atomic E-state index is 10.9. The van der Waals surface area contributed by atoms with Crippen LogP contribution in [0.3, 0.4) is 0 Å². The Balaban J connectivity index is 0. The Bertz CT molecular complexity index is 264. The highest BCUT2D eigenvalue weighted by Gasteiger charge is 1.97. The summed E-state index contributed by atoms with van der Waals surface area (Å²) in [5, 5.41) is 2.57. The molecule has 0 bridgehead atoms. The third kappa shape index (κ3) is 8.58. The summed E-state index contributed by atoms with van der Waals surface area (Å²) in [6.45, 7) is 4.00. The van der Waals surface area contributed by atoms with E-state index in [1.165, 1.54) is 0 Å². The molecule has 82 valence electrons. The normalized spacial score (nSPS) is 7.27. The van der Waals surface area contributed by atoms with Crippen LogP contribution in [0.5, 0.6) is 0 Å². The molecule has 0 unspecified atom stereocenters. The fourth-order valence-electron chi connectivity index (χ4n) is 0.870. The monoisotopic (exact) mass is 205 g/mol. The largest absolute Gasteiger partial charge is 0.359 e. The van der Waals surface area contributed by atoms with Crippen LogP contribution in [-0.4, -0.2) is 13.0 Å². The fraction of sp³-hybridized carbons (Fsp3) is 0.308. The molecule has 2 nitrogen and oxygen atoms in total. The molecule has 0 radical (unpaired) electrons. The summed E-state index contributed by atoms with van der Waals surface area (Å²) in [7, 11) is 1.64. The quantitative estimate of drug-likeness (QED) is 0.737. The summed E-state index contributed by atoms with van der Waals surface area (Å²) in [4.78, 5) is 10.9. The van der Waals surface area contributed by atoms with Gasteiger partial charge in [0.2, 0.25) is 5.91 Å². The second kappa shape index (κ2) is 12.2. The van der Waals surface area contributed by atoms with Crippen LogP contribution in [0.2, 0.25) is 0 Å². The zero-order valence-electron chi connectivity index (χ0n) is 9.66. The van der Waals surface area contributed by atoms with Crippen LogP contribution in [0.1, 0.15) is 19.4 Å². The third-order valence-corrected chi connectivity index (χ3v) is 1.49. The second-order valence-corrected chi connectivity index (χ2v) is 2.34. The number of nitrogens with one attached hydrogen (secondary N) is 1. The predicted molar refractivity (Wildman–Crippen MR) is 65.5 cm³/mol. The van der Waals surface area contributed by atoms with Gasteiger partial charge < -0.3 is 5.32 Å². The van der Waals surface area contributed by atoms with Gasteiger partial charge in [-0.25, -0.2) is 0 Å². The Morgan fingerprint density at radius 1 is 1.20 bits per heavy atom. The lowest BCUT2D eigenvalue weighted by atomic mass is 10.1. The Labute approximate surface area is 92.7 Å². The number of rotatable bonds is 2. The van der Waals surface area contributed by atoms with Gasteiger partial charge in [-0.3, -0.25) is 4.79 Å². The minimum absolute atomic E-state index is 0.0520. The average molecular weight is 205 g/mol. The molecule has 0 aliphatic rings. The van der Waals surface area contributed by atoms with Crippen molar-refractivity contribution in [2.75, 3.05) is 7.05 Å². The van der Waals surface area contributed by atoms with Crippen molar-refractivity contribution >= 4 is 5.91 Å². The third-order valence-electron chi connectivity index (χ3n) is 1.49. The van der Waals surface area contributed by atoms with E-state index in [4.69, 9.17) is 0 Å². The van der Waals surface area contributed by atoms with Crippen molar-refractivity contribution < 1.29 is 4.79 Å². The lowest BCUT2D eigenvalue weighted by molar-refractivity contribution is -0.119. The van der Waals surface area contributed by atoms with E-state index in [1.807, 2.05) is 44.2 Å². The molecule has 0 heterocycles. The molecule has 1 aromatic carbocycles. The van der Waals surface area contributed by atoms with Gasteiger partial charge in [0.05, 0.1) is 6.42 Å². The van der Waals surface area contributed by atoms with Crippen molar-refractivity contribution in [3.8, 4) is 12.8 Å². The number of benzene rings is 1. The van der Waals surface area contributed by atoms with Gasteiger partial charge in [-0.05, 0) is 5.56 Å². The van der Waals surface area contributed by atoms with Gasteiger partial charge in [0.15, 0.2) is 0 Å². The molecule has 1 N–H and O–H groups in total. The summed E-state index contributed by atoms with van der Waals surface area (Å²) < 4.78 is 0. The first-order valence-electron chi connectivity index (χ1n) is 4.91. The van der Waals surface area contributed by atoms with E-state index in [2.05, 4.69) is 18.2 Å². The van der Waals surface area contributed by atoms with Crippen molar-refractivity contribution in [1.82, 2.24) is 5.32 Å². The number of carbonyl (C=O) groups is 1. The first kappa shape index (κ1) is 15.7. The van der Waals surface area contributed by atoms with E-state index in [0.29, 0.717) is 6.42 Å². The zero-order valence-corrected chi connectivity index (χ0v) is 9.66. The van der Waals surface area contributed by atoms with E-state index >= 15 is 0 Å². The SMILES string of the molecule is C#C.CC.CNC(=O)Cc1ccccc1. The summed E-state index contributed by atoms with van der Waals surface area (Å²) in [6, 6.07) is 9.67. The molecule has 1 rings (SSSR count). The van der Waals surface area contributed by atoms with Crippen LogP contribution in [0.25, 0.3) is 0 Å². The highest BCUT2D eigenvalue weighted by atomic mass is 16.1. The Hall–Kier alpha value is -1.75. The highest BCUT2D eigenvalue weighted by molar-refractivity contribution is 5.78. The lowest BCUT2D eigenvalue weighted by Crippen LogP contribution is -2.19. The molecule has 15 heavy (non-hydrogen) atoms. The average Bonchev–Trinajstić information content (AvgIpc) is 2.35. The first-order chi connectivity index (χ1) is 7.33. The van der Waals surface area contributed by atoms with Gasteiger partial charge in [0, 0.05) is 7.05 Å². The molecule has 0 saturated heterocycles. The molecule has 1 aromatic rings. The van der Waals surface area contributed by atoms with Gasteiger partial charge in [-0.15, -0.1) is 12.8 Å². The van der Waals surface area contributed by atoms with E-state index in [0.717, 1.165) is 5.56 Å². The summed E-state index contributed by atoms with van der Waals surface area (Å²) >= 11 is 0. The lowest BCUT2D eigenvalue weighted by Gasteiger charge is -1.98. The minimum atomic E-state index is 0.0520. The zero-order chi connectivity index (χ0) is 12.1. The van der Waals surface area contributed by atoms with Crippen LogP contribution in [0.4, 0.5) is 0 Å². The molecule has 0 aliphatic carbocycles. The summed E-state index contributed by atoms with van der Waals surface area (Å²) in [6.07, 6.45) is 8.47. The van der Waals surface area contributed by atoms with Gasteiger partial charge in [-0.1, -0.05) is 44.2 Å². The summed E-state index contributed by atoms with van der Waals surface area (Å²) in [5.41, 5.74) is 1.05. The van der Waals surface area contributed by atoms with E-state index in [-0.39, 0.29) is 5.91 Å². The number of hydrogen-bond acceptors (Lipinski definition) is 1. The number of amides is 1. The van der Waals surface area contributed by atoms with Crippen molar-refractivity contribution in [1.29, 1.82) is 0 Å². The Morgan fingerprint density at radius 3 is 2.07 bits per heavy atom. The number of hydrogen-bond donors (Lipinski definition) is 1. The van der Waals surface area contributed by atoms with E-state index < -0.39 is 0 Å². The van der Waals surface area contributed by atoms with Crippen molar-refractivity contribution in [3.05, 3.63) is 35.9 Å². The van der Waals surface area contributed by atoms with Crippen molar-refractivity contribution in [2.45, 2.75) is 20.3 Å². The fourth-order valence-corrected chi connectivity index (χ4v) is 0.870. The second-order valence-electron chi connectivity index (χ2n) is 2.34. The molecule has 0 atom stereocenters. The van der Waals surface area contributed by atoms with E-state index in [9.17, 15) is 4.79 Å². The molecule has 0 fully saturated rings. The van der Waals surface area contributed by atoms with Crippen LogP contribution in [0, 0.1) is 12.8 Å². The highest BCUT2D eigenvalue weighted by Crippen LogP contribution is 1.98. The standard InChI is InChI=1S/C9H11NO.C2H6.C2H2/c1-10-9(11)7-8-5-3-2-4-6-8;2*1-2/h2-6H,7H2,1H3,(H,10,11);1-2H3;1-2H. The van der Waals surface area contributed by atoms with E-state index in [1.54, 1.807) is 7.05 Å². The van der Waals surface area contributed by atoms with Crippen LogP contribution in [0.15, 0.2) is 30.3 Å². The molecule has 0 aromatic heterocycles. The Kier molecular flexibility index (Phi) is 12.8. The minimum Gasteiger partial charge on any atom is -0.359 e. The van der Waals surface area contributed by atoms with Gasteiger partial charge in [0.1, 0.15) is 0 Å². The van der Waals surface area contributed by atoms with Gasteiger partial charge in [-0.2, -0.15) is 0 Å². The number of carbonyl (C=O) groups excluding carboxylic acids is 1. The molecule has 0 spiro atoms. The smallest absolute Gasteiger partial charge is 0.224 e. The van der Waals surface area contributed by atoms with Crippen LogP contribution >= 0.6 is 0 Å². The maximum Gasteiger partial charge on any atom is 0.224 e. The first-order valence-corrected chi connectivity index (χ1v) is 4.91. The topological polar surface area (TPSA) is 29.1 Å². The Morgan fingerprint density at radius 2 is 1.67 bits per heavy atom. The summed E-state index contributed by atoms with van der Waals surface area (Å²) in [5.74, 6) is 0.0520. The molecule has 1 amide bonds. The number of likely N-dealkylation sites (N-methyl/N-ethyl adjacent to an activating group) is 1.